The molecular formula is C14H15N3O3. The molecule has 6 heteroatoms. The first-order valence-corrected chi connectivity index (χ1v) is 6.10. The van der Waals surface area contributed by atoms with E-state index in [9.17, 15) is 9.59 Å². The van der Waals surface area contributed by atoms with Crippen molar-refractivity contribution in [2.24, 2.45) is 0 Å². The van der Waals surface area contributed by atoms with Gasteiger partial charge in [0.25, 0.3) is 5.56 Å². The predicted molar refractivity (Wildman–Crippen MR) is 74.8 cm³/mol. The highest BCUT2D eigenvalue weighted by atomic mass is 16.5. The van der Waals surface area contributed by atoms with Crippen LogP contribution in [0.2, 0.25) is 0 Å². The molecule has 0 aliphatic carbocycles. The number of ether oxygens (including phenoxy) is 1. The van der Waals surface area contributed by atoms with Gasteiger partial charge in [-0.1, -0.05) is 0 Å². The Morgan fingerprint density at radius 2 is 2.00 bits per heavy atom. The van der Waals surface area contributed by atoms with Gasteiger partial charge in [0.1, 0.15) is 11.8 Å². The molecule has 6 nitrogen and oxygen atoms in total. The summed E-state index contributed by atoms with van der Waals surface area (Å²) in [6, 6.07) is 9.15. The molecule has 1 aromatic carbocycles. The van der Waals surface area contributed by atoms with Crippen LogP contribution in [0.5, 0.6) is 5.75 Å². The zero-order chi connectivity index (χ0) is 14.5. The number of carbonyl (C=O) groups excluding carboxylic acids is 1. The Morgan fingerprint density at radius 3 is 2.60 bits per heavy atom. The first-order valence-electron chi connectivity index (χ1n) is 6.10. The summed E-state index contributed by atoms with van der Waals surface area (Å²) in [7, 11) is 1.57. The van der Waals surface area contributed by atoms with Gasteiger partial charge >= 0.3 is 0 Å². The molecule has 0 bridgehead atoms. The minimum Gasteiger partial charge on any atom is -0.497 e. The van der Waals surface area contributed by atoms with E-state index in [-0.39, 0.29) is 11.5 Å². The summed E-state index contributed by atoms with van der Waals surface area (Å²) in [6.07, 6.45) is 1.47. The Labute approximate surface area is 116 Å². The topological polar surface area (TPSA) is 73.2 Å². The summed E-state index contributed by atoms with van der Waals surface area (Å²) < 4.78 is 6.18. The third kappa shape index (κ3) is 3.03. The highest BCUT2D eigenvalue weighted by molar-refractivity contribution is 5.93. The minimum absolute atomic E-state index is 0.309. The second-order valence-corrected chi connectivity index (χ2v) is 4.20. The van der Waals surface area contributed by atoms with Crippen molar-refractivity contribution in [2.75, 3.05) is 12.4 Å². The molecule has 0 saturated heterocycles. The molecule has 20 heavy (non-hydrogen) atoms. The zero-order valence-electron chi connectivity index (χ0n) is 11.2. The van der Waals surface area contributed by atoms with E-state index in [1.165, 1.54) is 18.3 Å². The first-order chi connectivity index (χ1) is 9.61. The lowest BCUT2D eigenvalue weighted by Gasteiger charge is -2.13. The molecule has 1 atom stereocenters. The van der Waals surface area contributed by atoms with E-state index in [2.05, 4.69) is 10.4 Å². The normalized spacial score (nSPS) is 11.7. The summed E-state index contributed by atoms with van der Waals surface area (Å²) in [6.45, 7) is 1.62. The van der Waals surface area contributed by atoms with Crippen LogP contribution >= 0.6 is 0 Å². The van der Waals surface area contributed by atoms with Gasteiger partial charge in [-0.05, 0) is 37.3 Å². The van der Waals surface area contributed by atoms with Crippen LogP contribution in [0.4, 0.5) is 5.69 Å². The van der Waals surface area contributed by atoms with Crippen molar-refractivity contribution in [3.63, 3.8) is 0 Å². The SMILES string of the molecule is COc1ccc(NC(=O)C(C)n2ncccc2=O)cc1. The molecule has 0 spiro atoms. The molecule has 1 aromatic heterocycles. The van der Waals surface area contributed by atoms with Gasteiger partial charge < -0.3 is 10.1 Å². The average molecular weight is 273 g/mol. The fourth-order valence-electron chi connectivity index (χ4n) is 1.69. The van der Waals surface area contributed by atoms with E-state index in [0.717, 1.165) is 4.68 Å². The first kappa shape index (κ1) is 13.8. The lowest BCUT2D eigenvalue weighted by atomic mass is 10.2. The molecule has 0 aliphatic heterocycles. The smallest absolute Gasteiger partial charge is 0.267 e. The number of carbonyl (C=O) groups is 1. The molecule has 1 N–H and O–H groups in total. The molecule has 0 aliphatic rings. The Morgan fingerprint density at radius 1 is 1.30 bits per heavy atom. The Kier molecular flexibility index (Phi) is 4.14. The predicted octanol–water partition coefficient (Wildman–Crippen LogP) is 1.45. The number of benzene rings is 1. The average Bonchev–Trinajstić information content (AvgIpc) is 2.48. The number of anilines is 1. The van der Waals surface area contributed by atoms with E-state index in [1.54, 1.807) is 38.3 Å². The van der Waals surface area contributed by atoms with Crippen LogP contribution in [0.25, 0.3) is 0 Å². The lowest BCUT2D eigenvalue weighted by molar-refractivity contribution is -0.119. The fourth-order valence-corrected chi connectivity index (χ4v) is 1.69. The second kappa shape index (κ2) is 6.01. The molecule has 0 saturated carbocycles. The molecule has 1 heterocycles. The van der Waals surface area contributed by atoms with Gasteiger partial charge in [-0.25, -0.2) is 4.68 Å². The maximum atomic E-state index is 12.1. The van der Waals surface area contributed by atoms with Crippen molar-refractivity contribution in [1.29, 1.82) is 0 Å². The quantitative estimate of drug-likeness (QED) is 0.915. The standard InChI is InChI=1S/C14H15N3O3/c1-10(17-13(18)4-3-9-15-17)14(19)16-11-5-7-12(20-2)8-6-11/h3-10H,1-2H3,(H,16,19). The molecule has 1 amide bonds. The molecule has 2 aromatic rings. The molecule has 0 radical (unpaired) electrons. The number of hydrogen-bond donors (Lipinski definition) is 1. The maximum absolute atomic E-state index is 12.1. The van der Waals surface area contributed by atoms with Crippen LogP contribution < -0.4 is 15.6 Å². The largest absolute Gasteiger partial charge is 0.497 e. The van der Waals surface area contributed by atoms with Crippen LogP contribution in [0.3, 0.4) is 0 Å². The van der Waals surface area contributed by atoms with Gasteiger partial charge in [0, 0.05) is 18.0 Å². The Hall–Kier alpha value is -2.63. The molecule has 104 valence electrons. The molecule has 0 fully saturated rings. The summed E-state index contributed by atoms with van der Waals surface area (Å²) in [5, 5.41) is 6.62. The van der Waals surface area contributed by atoms with Crippen molar-refractivity contribution in [2.45, 2.75) is 13.0 Å². The summed E-state index contributed by atoms with van der Waals surface area (Å²) >= 11 is 0. The van der Waals surface area contributed by atoms with Crippen molar-refractivity contribution in [3.8, 4) is 5.75 Å². The number of nitrogens with one attached hydrogen (secondary N) is 1. The van der Waals surface area contributed by atoms with Gasteiger partial charge in [-0.3, -0.25) is 9.59 Å². The third-order valence-corrected chi connectivity index (χ3v) is 2.85. The Balaban J connectivity index is 2.11. The number of hydrogen-bond acceptors (Lipinski definition) is 4. The van der Waals surface area contributed by atoms with Crippen LogP contribution in [0.15, 0.2) is 47.4 Å². The zero-order valence-corrected chi connectivity index (χ0v) is 11.2. The van der Waals surface area contributed by atoms with E-state index in [1.807, 2.05) is 0 Å². The van der Waals surface area contributed by atoms with E-state index in [0.29, 0.717) is 11.4 Å². The number of amides is 1. The highest BCUT2D eigenvalue weighted by Gasteiger charge is 2.16. The van der Waals surface area contributed by atoms with E-state index >= 15 is 0 Å². The highest BCUT2D eigenvalue weighted by Crippen LogP contribution is 2.16. The van der Waals surface area contributed by atoms with Crippen LogP contribution in [0.1, 0.15) is 13.0 Å². The van der Waals surface area contributed by atoms with Crippen LogP contribution in [-0.4, -0.2) is 22.8 Å². The van der Waals surface area contributed by atoms with Crippen molar-refractivity contribution in [1.82, 2.24) is 9.78 Å². The third-order valence-electron chi connectivity index (χ3n) is 2.85. The Bertz CT molecular complexity index is 649. The number of nitrogens with zero attached hydrogens (tertiary/aromatic N) is 2. The van der Waals surface area contributed by atoms with E-state index < -0.39 is 6.04 Å². The maximum Gasteiger partial charge on any atom is 0.267 e. The second-order valence-electron chi connectivity index (χ2n) is 4.20. The van der Waals surface area contributed by atoms with Gasteiger partial charge in [0.05, 0.1) is 7.11 Å². The molecule has 2 rings (SSSR count). The van der Waals surface area contributed by atoms with Gasteiger partial charge in [-0.2, -0.15) is 5.10 Å². The minimum atomic E-state index is -0.689. The van der Waals surface area contributed by atoms with Crippen molar-refractivity contribution < 1.29 is 9.53 Å². The summed E-state index contributed by atoms with van der Waals surface area (Å²) in [4.78, 5) is 23.7. The van der Waals surface area contributed by atoms with Crippen molar-refractivity contribution in [3.05, 3.63) is 52.9 Å². The summed E-state index contributed by atoms with van der Waals surface area (Å²) in [5.74, 6) is 0.396. The van der Waals surface area contributed by atoms with Gasteiger partial charge in [0.2, 0.25) is 5.91 Å². The van der Waals surface area contributed by atoms with Crippen molar-refractivity contribution >= 4 is 11.6 Å². The number of aromatic nitrogens is 2. The van der Waals surface area contributed by atoms with Gasteiger partial charge in [0.15, 0.2) is 0 Å². The molecular weight excluding hydrogens is 258 g/mol. The van der Waals surface area contributed by atoms with Gasteiger partial charge in [-0.15, -0.1) is 0 Å². The lowest BCUT2D eigenvalue weighted by Crippen LogP contribution is -2.32. The molecule has 1 unspecified atom stereocenters. The monoisotopic (exact) mass is 273 g/mol. The van der Waals surface area contributed by atoms with E-state index in [4.69, 9.17) is 4.74 Å². The van der Waals surface area contributed by atoms with Crippen LogP contribution in [-0.2, 0) is 4.79 Å². The van der Waals surface area contributed by atoms with Crippen LogP contribution in [0, 0.1) is 0 Å². The fraction of sp³-hybridized carbons (Fsp3) is 0.214. The number of methoxy groups -OCH3 is 1. The summed E-state index contributed by atoms with van der Waals surface area (Å²) in [5.41, 5.74) is 0.316. The number of rotatable bonds is 4.